The van der Waals surface area contributed by atoms with Gasteiger partial charge in [-0.1, -0.05) is 49.8 Å². The Kier molecular flexibility index (Phi) is 6.82. The van der Waals surface area contributed by atoms with E-state index in [1.807, 2.05) is 0 Å². The molecule has 2 aromatic rings. The summed E-state index contributed by atoms with van der Waals surface area (Å²) in [6, 6.07) is 17.1. The number of hydrogen-bond donors (Lipinski definition) is 0. The first-order valence-corrected chi connectivity index (χ1v) is 14.2. The molecule has 0 heterocycles. The predicted octanol–water partition coefficient (Wildman–Crippen LogP) is 7.36. The maximum Gasteiger partial charge on any atom is 0.00539 e. The van der Waals surface area contributed by atoms with Gasteiger partial charge in [-0.15, -0.1) is 35.4 Å². The van der Waals surface area contributed by atoms with E-state index >= 15 is 0 Å². The molecular weight excluding hydrogens is 523 g/mol. The second-order valence-electron chi connectivity index (χ2n) is 10.9. The second-order valence-corrected chi connectivity index (χ2v) is 13.9. The number of para-hydroxylation sites is 1. The van der Waals surface area contributed by atoms with E-state index in [1.165, 1.54) is 73.5 Å². The largest absolute Gasteiger partial charge is 0.385 e. The van der Waals surface area contributed by atoms with Crippen molar-refractivity contribution in [2.45, 2.75) is 62.7 Å². The van der Waals surface area contributed by atoms with Gasteiger partial charge in [0.1, 0.15) is 0 Å². The van der Waals surface area contributed by atoms with Gasteiger partial charge >= 0.3 is 0 Å². The summed E-state index contributed by atoms with van der Waals surface area (Å²) in [6.45, 7) is 0. The monoisotopic (exact) mass is 556 g/mol. The molecule has 0 N–H and O–H groups in total. The van der Waals surface area contributed by atoms with E-state index < -0.39 is 0 Å². The summed E-state index contributed by atoms with van der Waals surface area (Å²) in [7, 11) is 4.02. The number of halogens is 1. The Labute approximate surface area is 214 Å². The van der Waals surface area contributed by atoms with E-state index in [0.717, 1.165) is 40.0 Å². The third kappa shape index (κ3) is 4.03. The zero-order chi connectivity index (χ0) is 21.1. The van der Waals surface area contributed by atoms with Crippen LogP contribution in [0.2, 0.25) is 5.02 Å². The third-order valence-electron chi connectivity index (χ3n) is 8.93. The topological polar surface area (TPSA) is 3.24 Å². The van der Waals surface area contributed by atoms with Crippen LogP contribution in [0.5, 0.6) is 0 Å². The molecule has 2 aromatic carbocycles. The Bertz CT molecular complexity index is 950. The zero-order valence-electron chi connectivity index (χ0n) is 19.2. The Hall–Kier alpha value is -0.378. The molecule has 0 amide bonds. The molecule has 0 aliphatic heterocycles. The first-order valence-electron chi connectivity index (χ1n) is 12.4. The number of benzene rings is 2. The van der Waals surface area contributed by atoms with Crippen LogP contribution < -0.4 is 10.2 Å². The van der Waals surface area contributed by atoms with Gasteiger partial charge in [0.25, 0.3) is 0 Å². The Morgan fingerprint density at radius 3 is 2.00 bits per heavy atom. The molecule has 6 rings (SSSR count). The average molecular weight is 557 g/mol. The van der Waals surface area contributed by atoms with Crippen LogP contribution >= 0.6 is 19.5 Å². The summed E-state index contributed by atoms with van der Waals surface area (Å²) in [5, 5.41) is 2.40. The molecule has 0 radical (unpaired) electrons. The zero-order valence-corrected chi connectivity index (χ0v) is 22.4. The molecule has 0 saturated heterocycles. The van der Waals surface area contributed by atoms with Gasteiger partial charge in [0, 0.05) is 40.2 Å². The van der Waals surface area contributed by atoms with E-state index in [-0.39, 0.29) is 28.3 Å². The summed E-state index contributed by atoms with van der Waals surface area (Å²) in [6.07, 6.45) is 11.8. The first kappa shape index (κ1) is 23.4. The van der Waals surface area contributed by atoms with Gasteiger partial charge in [-0.2, -0.15) is 0 Å². The first-order chi connectivity index (χ1) is 15.1. The molecule has 4 fully saturated rings. The van der Waals surface area contributed by atoms with Crippen LogP contribution in [0.3, 0.4) is 0 Å². The van der Waals surface area contributed by atoms with Crippen molar-refractivity contribution in [2.75, 3.05) is 19.0 Å². The van der Waals surface area contributed by atoms with Crippen molar-refractivity contribution in [1.82, 2.24) is 0 Å². The van der Waals surface area contributed by atoms with Gasteiger partial charge in [-0.05, 0) is 84.6 Å². The molecule has 4 bridgehead atoms. The van der Waals surface area contributed by atoms with E-state index in [2.05, 4.69) is 61.5 Å². The number of hydrogen-bond acceptors (Lipinski definition) is 1. The fourth-order valence-corrected chi connectivity index (χ4v) is 12.2. The van der Waals surface area contributed by atoms with E-state index in [1.54, 1.807) is 0 Å². The van der Waals surface area contributed by atoms with Crippen LogP contribution in [-0.4, -0.2) is 25.4 Å². The number of fused-ring (bicyclic) bond motifs is 4. The Morgan fingerprint density at radius 1 is 0.844 bits per heavy atom. The van der Waals surface area contributed by atoms with Gasteiger partial charge in [0.05, 0.1) is 0 Å². The van der Waals surface area contributed by atoms with Crippen molar-refractivity contribution in [2.24, 2.45) is 23.7 Å². The number of rotatable bonds is 5. The molecule has 4 aliphatic carbocycles. The van der Waals surface area contributed by atoms with Crippen molar-refractivity contribution in [1.29, 1.82) is 0 Å². The van der Waals surface area contributed by atoms with E-state index in [4.69, 9.17) is 11.6 Å². The van der Waals surface area contributed by atoms with Crippen molar-refractivity contribution >= 4 is 30.5 Å². The van der Waals surface area contributed by atoms with E-state index in [9.17, 15) is 0 Å². The van der Waals surface area contributed by atoms with Crippen LogP contribution in [0.1, 0.15) is 51.4 Å². The summed E-state index contributed by atoms with van der Waals surface area (Å²) in [5.41, 5.74) is 5.55. The normalized spacial score (nSPS) is 33.3. The van der Waals surface area contributed by atoms with Crippen molar-refractivity contribution in [3.05, 3.63) is 47.5 Å². The molecule has 0 aromatic heterocycles. The standard InChI is InChI=1S/C28H34ClNP.Pd/c1-30(2)25-6-4-3-5-23(25)20-11-12-24(29)28(17-20)31(26-15-18-7-9-21(26)13-18)27-16-19-8-10-22(27)14-19;/h3-6,11-12,18-19,21-22,26-27H,7-10,13-16H2,1-2H3;/q-1;. The molecule has 4 heteroatoms. The SMILES string of the molecule is CN(C)c1ccccc1-c1[c-]c(P(C2CC3CCC2C3)C2CC3CCC2C3)c(Cl)cc1.[Pd]. The third-order valence-corrected chi connectivity index (χ3v) is 12.9. The smallest absolute Gasteiger partial charge is 0.00539 e. The van der Waals surface area contributed by atoms with Gasteiger partial charge in [0.2, 0.25) is 0 Å². The van der Waals surface area contributed by atoms with Gasteiger partial charge < -0.3 is 4.90 Å². The van der Waals surface area contributed by atoms with Crippen molar-refractivity contribution < 1.29 is 20.4 Å². The molecule has 4 saturated carbocycles. The Morgan fingerprint density at radius 2 is 1.47 bits per heavy atom. The quantitative estimate of drug-likeness (QED) is 0.211. The van der Waals surface area contributed by atoms with Crippen LogP contribution in [0.4, 0.5) is 5.69 Å². The fourth-order valence-electron chi connectivity index (χ4n) is 7.58. The van der Waals surface area contributed by atoms with Crippen molar-refractivity contribution in [3.8, 4) is 11.1 Å². The number of nitrogens with zero attached hydrogens (tertiary/aromatic N) is 1. The molecule has 4 aliphatic rings. The molecular formula is C28H34ClNPPd-. The molecule has 1 nitrogen and oxygen atoms in total. The summed E-state index contributed by atoms with van der Waals surface area (Å²) in [5.74, 6) is 3.90. The molecule has 6 unspecified atom stereocenters. The summed E-state index contributed by atoms with van der Waals surface area (Å²) < 4.78 is 0. The Balaban J connectivity index is 0.00000216. The summed E-state index contributed by atoms with van der Waals surface area (Å²) >= 11 is 7.02. The fraction of sp³-hybridized carbons (Fsp3) is 0.571. The maximum absolute atomic E-state index is 7.02. The van der Waals surface area contributed by atoms with Crippen LogP contribution in [0, 0.1) is 29.7 Å². The number of anilines is 1. The van der Waals surface area contributed by atoms with Crippen LogP contribution in [0.15, 0.2) is 36.4 Å². The summed E-state index contributed by atoms with van der Waals surface area (Å²) in [4.78, 5) is 2.21. The van der Waals surface area contributed by atoms with Crippen LogP contribution in [0.25, 0.3) is 11.1 Å². The molecule has 174 valence electrons. The minimum atomic E-state index is -0.241. The van der Waals surface area contributed by atoms with Crippen molar-refractivity contribution in [3.63, 3.8) is 0 Å². The maximum atomic E-state index is 7.02. The second kappa shape index (κ2) is 9.35. The van der Waals surface area contributed by atoms with Gasteiger partial charge in [0.15, 0.2) is 0 Å². The van der Waals surface area contributed by atoms with Crippen LogP contribution in [-0.2, 0) is 20.4 Å². The molecule has 6 atom stereocenters. The van der Waals surface area contributed by atoms with Gasteiger partial charge in [-0.25, -0.2) is 0 Å². The minimum absolute atomic E-state index is 0. The van der Waals surface area contributed by atoms with Gasteiger partial charge in [-0.3, -0.25) is 0 Å². The predicted molar refractivity (Wildman–Crippen MR) is 135 cm³/mol. The molecule has 0 spiro atoms. The average Bonchev–Trinajstić information content (AvgIpc) is 3.57. The minimum Gasteiger partial charge on any atom is -0.385 e. The van der Waals surface area contributed by atoms with E-state index in [0.29, 0.717) is 0 Å². The molecule has 32 heavy (non-hydrogen) atoms.